The van der Waals surface area contributed by atoms with Gasteiger partial charge >= 0.3 is 0 Å². The van der Waals surface area contributed by atoms with Gasteiger partial charge in [0.05, 0.1) is 0 Å². The zero-order valence-electron chi connectivity index (χ0n) is 11.7. The molecule has 0 nitrogen and oxygen atoms in total. The topological polar surface area (TPSA) is 0 Å². The Morgan fingerprint density at radius 3 is 2.29 bits per heavy atom. The Labute approximate surface area is 109 Å². The van der Waals surface area contributed by atoms with Gasteiger partial charge in [0.15, 0.2) is 4.90 Å². The highest BCUT2D eigenvalue weighted by molar-refractivity contribution is 7.97. The van der Waals surface area contributed by atoms with Gasteiger partial charge in [-0.2, -0.15) is 0 Å². The number of hydrogen-bond acceptors (Lipinski definition) is 0. The normalized spacial score (nSPS) is 17.6. The van der Waals surface area contributed by atoms with Crippen LogP contribution >= 0.6 is 0 Å². The highest BCUT2D eigenvalue weighted by atomic mass is 32.2. The van der Waals surface area contributed by atoms with Crippen molar-refractivity contribution in [3.63, 3.8) is 0 Å². The van der Waals surface area contributed by atoms with Crippen molar-refractivity contribution in [2.24, 2.45) is 0 Å². The summed E-state index contributed by atoms with van der Waals surface area (Å²) in [5.74, 6) is 2.86. The molecule has 1 aliphatic heterocycles. The average Bonchev–Trinajstić information content (AvgIpc) is 2.80. The first kappa shape index (κ1) is 13.0. The van der Waals surface area contributed by atoms with E-state index >= 15 is 0 Å². The highest BCUT2D eigenvalue weighted by Crippen LogP contribution is 2.30. The second-order valence-electron chi connectivity index (χ2n) is 6.03. The maximum atomic E-state index is 2.46. The molecule has 1 heterocycles. The predicted octanol–water partition coefficient (Wildman–Crippen LogP) is 4.32. The Morgan fingerprint density at radius 2 is 1.76 bits per heavy atom. The van der Waals surface area contributed by atoms with Gasteiger partial charge in [-0.05, 0) is 36.3 Å². The van der Waals surface area contributed by atoms with Crippen LogP contribution in [-0.2, 0) is 22.7 Å². The molecule has 1 heteroatoms. The molecule has 17 heavy (non-hydrogen) atoms. The minimum atomic E-state index is 0.279. The molecule has 0 amide bonds. The molecule has 2 rings (SSSR count). The zero-order chi connectivity index (χ0) is 12.5. The lowest BCUT2D eigenvalue weighted by atomic mass is 9.86. The van der Waals surface area contributed by atoms with Crippen molar-refractivity contribution < 1.29 is 0 Å². The summed E-state index contributed by atoms with van der Waals surface area (Å²) in [4.78, 5) is 1.66. The third-order valence-corrected chi connectivity index (χ3v) is 6.23. The first-order chi connectivity index (χ1) is 8.02. The smallest absolute Gasteiger partial charge is 0.0611 e. The lowest BCUT2D eigenvalue weighted by Crippen LogP contribution is -2.14. The van der Waals surface area contributed by atoms with Crippen molar-refractivity contribution in [1.82, 2.24) is 0 Å². The molecule has 0 radical (unpaired) electrons. The fraction of sp³-hybridized carbons (Fsp3) is 0.625. The van der Waals surface area contributed by atoms with E-state index in [9.17, 15) is 0 Å². The fourth-order valence-electron chi connectivity index (χ4n) is 2.48. The summed E-state index contributed by atoms with van der Waals surface area (Å²) in [6.07, 6.45) is 4.06. The van der Waals surface area contributed by atoms with E-state index in [-0.39, 0.29) is 5.41 Å². The standard InChI is InChI=1S/C16H25S/c1-5-13-12-14(16(2,3)4)8-9-15(13)17-10-6-7-11-17/h8-9,12H,5-7,10-11H2,1-4H3/q+1. The van der Waals surface area contributed by atoms with E-state index < -0.39 is 0 Å². The second-order valence-corrected chi connectivity index (χ2v) is 8.28. The quantitative estimate of drug-likeness (QED) is 0.685. The summed E-state index contributed by atoms with van der Waals surface area (Å²) in [7, 11) is 0.563. The first-order valence-electron chi connectivity index (χ1n) is 6.83. The van der Waals surface area contributed by atoms with E-state index in [1.807, 2.05) is 0 Å². The van der Waals surface area contributed by atoms with Crippen molar-refractivity contribution in [2.75, 3.05) is 11.5 Å². The van der Waals surface area contributed by atoms with Crippen molar-refractivity contribution >= 4 is 10.9 Å². The molecule has 0 unspecified atom stereocenters. The van der Waals surface area contributed by atoms with E-state index in [0.29, 0.717) is 10.9 Å². The summed E-state index contributed by atoms with van der Waals surface area (Å²) in [5.41, 5.74) is 3.37. The van der Waals surface area contributed by atoms with Crippen LogP contribution in [0.1, 0.15) is 51.7 Å². The SMILES string of the molecule is CCc1cc(C(C)(C)C)ccc1[S+]1CCCC1. The van der Waals surface area contributed by atoms with E-state index in [1.165, 1.54) is 36.3 Å². The number of aryl methyl sites for hydroxylation is 1. The van der Waals surface area contributed by atoms with Crippen LogP contribution in [-0.4, -0.2) is 11.5 Å². The van der Waals surface area contributed by atoms with Gasteiger partial charge in [-0.1, -0.05) is 39.8 Å². The monoisotopic (exact) mass is 249 g/mol. The molecule has 0 bridgehead atoms. The van der Waals surface area contributed by atoms with Gasteiger partial charge in [-0.25, -0.2) is 0 Å². The lowest BCUT2D eigenvalue weighted by Gasteiger charge is -2.20. The maximum Gasteiger partial charge on any atom is 0.158 e. The third-order valence-electron chi connectivity index (χ3n) is 3.65. The third kappa shape index (κ3) is 2.88. The van der Waals surface area contributed by atoms with E-state index in [1.54, 1.807) is 10.5 Å². The van der Waals surface area contributed by atoms with Gasteiger partial charge in [0.2, 0.25) is 0 Å². The van der Waals surface area contributed by atoms with Gasteiger partial charge in [0.25, 0.3) is 0 Å². The van der Waals surface area contributed by atoms with E-state index in [0.717, 1.165) is 0 Å². The van der Waals surface area contributed by atoms with E-state index in [2.05, 4.69) is 45.9 Å². The molecular weight excluding hydrogens is 224 g/mol. The molecule has 1 aliphatic rings. The summed E-state index contributed by atoms with van der Waals surface area (Å²) in [6, 6.07) is 7.24. The van der Waals surface area contributed by atoms with Crippen molar-refractivity contribution in [2.45, 2.75) is 57.3 Å². The highest BCUT2D eigenvalue weighted by Gasteiger charge is 2.29. The summed E-state index contributed by atoms with van der Waals surface area (Å²) in [5, 5.41) is 0. The molecule has 1 aromatic rings. The molecule has 0 N–H and O–H groups in total. The molecule has 1 saturated heterocycles. The minimum absolute atomic E-state index is 0.279. The van der Waals surface area contributed by atoms with Gasteiger partial charge in [0.1, 0.15) is 11.5 Å². The van der Waals surface area contributed by atoms with Crippen LogP contribution in [0.4, 0.5) is 0 Å². The Morgan fingerprint density at radius 1 is 1.12 bits per heavy atom. The molecule has 0 atom stereocenters. The van der Waals surface area contributed by atoms with Crippen molar-refractivity contribution in [3.05, 3.63) is 29.3 Å². The molecule has 0 spiro atoms. The van der Waals surface area contributed by atoms with Gasteiger partial charge in [-0.3, -0.25) is 0 Å². The maximum absolute atomic E-state index is 2.46. The average molecular weight is 249 g/mol. The van der Waals surface area contributed by atoms with Crippen LogP contribution in [0, 0.1) is 0 Å². The van der Waals surface area contributed by atoms with Crippen LogP contribution in [0.15, 0.2) is 23.1 Å². The zero-order valence-corrected chi connectivity index (χ0v) is 12.5. The van der Waals surface area contributed by atoms with Crippen LogP contribution < -0.4 is 0 Å². The first-order valence-corrected chi connectivity index (χ1v) is 8.39. The Bertz CT molecular complexity index is 381. The summed E-state index contributed by atoms with van der Waals surface area (Å²) < 4.78 is 0. The molecule has 1 aromatic carbocycles. The molecular formula is C16H25S+. The molecule has 0 saturated carbocycles. The Balaban J connectivity index is 2.34. The number of hydrogen-bond donors (Lipinski definition) is 0. The Hall–Kier alpha value is -0.430. The molecule has 0 aromatic heterocycles. The second kappa shape index (κ2) is 5.06. The van der Waals surface area contributed by atoms with Crippen LogP contribution in [0.5, 0.6) is 0 Å². The number of benzene rings is 1. The summed E-state index contributed by atoms with van der Waals surface area (Å²) >= 11 is 0. The van der Waals surface area contributed by atoms with Crippen molar-refractivity contribution in [3.8, 4) is 0 Å². The van der Waals surface area contributed by atoms with E-state index in [4.69, 9.17) is 0 Å². The minimum Gasteiger partial charge on any atom is -0.0611 e. The molecule has 1 fully saturated rings. The Kier molecular flexibility index (Phi) is 3.87. The van der Waals surface area contributed by atoms with Crippen molar-refractivity contribution in [1.29, 1.82) is 0 Å². The van der Waals surface area contributed by atoms with Crippen LogP contribution in [0.2, 0.25) is 0 Å². The molecule has 0 aliphatic carbocycles. The van der Waals surface area contributed by atoms with Gasteiger partial charge in [0, 0.05) is 16.5 Å². The number of rotatable bonds is 2. The van der Waals surface area contributed by atoms with Crippen LogP contribution in [0.3, 0.4) is 0 Å². The molecule has 94 valence electrons. The van der Waals surface area contributed by atoms with Gasteiger partial charge < -0.3 is 0 Å². The van der Waals surface area contributed by atoms with Crippen LogP contribution in [0.25, 0.3) is 0 Å². The summed E-state index contributed by atoms with van der Waals surface area (Å²) in [6.45, 7) is 9.21. The fourth-order valence-corrected chi connectivity index (χ4v) is 5.06. The predicted molar refractivity (Wildman–Crippen MR) is 79.1 cm³/mol. The lowest BCUT2D eigenvalue weighted by molar-refractivity contribution is 0.588. The van der Waals surface area contributed by atoms with Gasteiger partial charge in [-0.15, -0.1) is 0 Å². The largest absolute Gasteiger partial charge is 0.158 e.